The van der Waals surface area contributed by atoms with Gasteiger partial charge in [0.1, 0.15) is 0 Å². The molecule has 1 aliphatic rings. The maximum atomic E-state index is 13.5. The molecule has 0 heterocycles. The van der Waals surface area contributed by atoms with Gasteiger partial charge in [-0.3, -0.25) is 9.59 Å². The summed E-state index contributed by atoms with van der Waals surface area (Å²) in [5.74, 6) is -2.73. The van der Waals surface area contributed by atoms with E-state index in [4.69, 9.17) is 23.7 Å². The van der Waals surface area contributed by atoms with Crippen molar-refractivity contribution in [3.63, 3.8) is 0 Å². The number of carbonyl (C=O) groups excluding carboxylic acids is 4. The van der Waals surface area contributed by atoms with Crippen LogP contribution in [0.15, 0.2) is 24.3 Å². The molecule has 0 bridgehead atoms. The van der Waals surface area contributed by atoms with Crippen LogP contribution in [0, 0.1) is 17.3 Å². The Labute approximate surface area is 208 Å². The fraction of sp³-hybridized carbons (Fsp3) is 0.692. The topological polar surface area (TPSA) is 114 Å². The Morgan fingerprint density at radius 3 is 1.49 bits per heavy atom. The first-order chi connectivity index (χ1) is 16.6. The normalized spacial score (nSPS) is 17.7. The van der Waals surface area contributed by atoms with Crippen LogP contribution in [-0.4, -0.2) is 64.0 Å². The van der Waals surface area contributed by atoms with Crippen molar-refractivity contribution in [1.29, 1.82) is 0 Å². The minimum atomic E-state index is -2.03. The molecule has 0 aliphatic heterocycles. The first-order valence-corrected chi connectivity index (χ1v) is 12.2. The van der Waals surface area contributed by atoms with Crippen molar-refractivity contribution in [2.24, 2.45) is 17.3 Å². The van der Waals surface area contributed by atoms with Crippen LogP contribution in [0.2, 0.25) is 0 Å². The van der Waals surface area contributed by atoms with Gasteiger partial charge in [-0.15, -0.1) is 0 Å². The third kappa shape index (κ3) is 9.12. The summed E-state index contributed by atoms with van der Waals surface area (Å²) in [7, 11) is 1.68. The number of methoxy groups -OCH3 is 1. The minimum absolute atomic E-state index is 0.0187. The van der Waals surface area contributed by atoms with Gasteiger partial charge in [0.25, 0.3) is 0 Å². The van der Waals surface area contributed by atoms with Gasteiger partial charge in [0.15, 0.2) is 5.41 Å². The van der Waals surface area contributed by atoms with E-state index in [1.165, 1.54) is 0 Å². The second-order valence-electron chi connectivity index (χ2n) is 8.74. The standard InChI is InChI=1S/C26H40O9/c1-7-32-22(27)18(4)14-26(24(29)34-9-3,15-19(5)23(28)33-8-2)25(30)35-17-21-12-10-20(11-13-21)16-31-6/h20-21H,4-5,7-17H2,1-3,6H3. The van der Waals surface area contributed by atoms with Crippen LogP contribution in [0.25, 0.3) is 0 Å². The van der Waals surface area contributed by atoms with Gasteiger partial charge in [-0.2, -0.15) is 0 Å². The van der Waals surface area contributed by atoms with E-state index >= 15 is 0 Å². The Morgan fingerprint density at radius 2 is 1.09 bits per heavy atom. The average molecular weight is 497 g/mol. The molecule has 1 aliphatic carbocycles. The largest absolute Gasteiger partial charge is 0.465 e. The number of ether oxygens (including phenoxy) is 5. The van der Waals surface area contributed by atoms with E-state index in [2.05, 4.69) is 13.2 Å². The van der Waals surface area contributed by atoms with E-state index < -0.39 is 42.1 Å². The molecule has 0 aromatic heterocycles. The highest BCUT2D eigenvalue weighted by Gasteiger charge is 2.51. The lowest BCUT2D eigenvalue weighted by Crippen LogP contribution is -2.44. The monoisotopic (exact) mass is 496 g/mol. The third-order valence-electron chi connectivity index (χ3n) is 6.03. The Hall–Kier alpha value is -2.68. The van der Waals surface area contributed by atoms with E-state index in [1.54, 1.807) is 27.9 Å². The summed E-state index contributed by atoms with van der Waals surface area (Å²) in [6.07, 6.45) is 2.75. The molecule has 1 fully saturated rings. The maximum Gasteiger partial charge on any atom is 0.333 e. The van der Waals surface area contributed by atoms with Crippen molar-refractivity contribution in [3.05, 3.63) is 24.3 Å². The zero-order valence-corrected chi connectivity index (χ0v) is 21.5. The first kappa shape index (κ1) is 30.4. The molecule has 0 aromatic rings. The first-order valence-electron chi connectivity index (χ1n) is 12.2. The van der Waals surface area contributed by atoms with Crippen LogP contribution in [-0.2, 0) is 42.9 Å². The number of hydrogen-bond donors (Lipinski definition) is 0. The molecule has 0 radical (unpaired) electrons. The van der Waals surface area contributed by atoms with Gasteiger partial charge in [-0.25, -0.2) is 9.59 Å². The average Bonchev–Trinajstić information content (AvgIpc) is 2.83. The lowest BCUT2D eigenvalue weighted by atomic mass is 9.76. The SMILES string of the molecule is C=C(CC(CC(=C)C(=O)OCC)(C(=O)OCC)C(=O)OCC1CCC(COC)CC1)C(=O)OCC. The van der Waals surface area contributed by atoms with Gasteiger partial charge in [-0.1, -0.05) is 13.2 Å². The predicted molar refractivity (Wildman–Crippen MR) is 128 cm³/mol. The van der Waals surface area contributed by atoms with Crippen molar-refractivity contribution in [3.8, 4) is 0 Å². The van der Waals surface area contributed by atoms with Gasteiger partial charge in [0.2, 0.25) is 0 Å². The number of carbonyl (C=O) groups is 4. The summed E-state index contributed by atoms with van der Waals surface area (Å²) in [5, 5.41) is 0. The van der Waals surface area contributed by atoms with Crippen molar-refractivity contribution in [2.75, 3.05) is 40.1 Å². The van der Waals surface area contributed by atoms with Crippen LogP contribution in [0.1, 0.15) is 59.3 Å². The molecule has 0 atom stereocenters. The second-order valence-corrected chi connectivity index (χ2v) is 8.74. The van der Waals surface area contributed by atoms with E-state index in [0.29, 0.717) is 12.5 Å². The van der Waals surface area contributed by atoms with Crippen molar-refractivity contribution in [2.45, 2.75) is 59.3 Å². The Balaban J connectivity index is 3.16. The second kappa shape index (κ2) is 15.3. The Bertz CT molecular complexity index is 731. The van der Waals surface area contributed by atoms with Crippen molar-refractivity contribution in [1.82, 2.24) is 0 Å². The molecular formula is C26H40O9. The van der Waals surface area contributed by atoms with Gasteiger partial charge in [0.05, 0.1) is 26.4 Å². The van der Waals surface area contributed by atoms with E-state index in [-0.39, 0.29) is 43.5 Å². The van der Waals surface area contributed by atoms with Crippen LogP contribution in [0.5, 0.6) is 0 Å². The highest BCUT2D eigenvalue weighted by molar-refractivity contribution is 6.04. The van der Waals surface area contributed by atoms with E-state index in [0.717, 1.165) is 25.7 Å². The molecule has 9 nitrogen and oxygen atoms in total. The molecule has 0 amide bonds. The zero-order chi connectivity index (χ0) is 26.4. The molecule has 0 unspecified atom stereocenters. The fourth-order valence-corrected chi connectivity index (χ4v) is 4.18. The molecular weight excluding hydrogens is 456 g/mol. The minimum Gasteiger partial charge on any atom is -0.465 e. The molecule has 9 heteroatoms. The van der Waals surface area contributed by atoms with E-state index in [1.807, 2.05) is 0 Å². The van der Waals surface area contributed by atoms with Crippen LogP contribution in [0.4, 0.5) is 0 Å². The van der Waals surface area contributed by atoms with Crippen LogP contribution >= 0.6 is 0 Å². The zero-order valence-electron chi connectivity index (χ0n) is 21.5. The number of rotatable bonds is 15. The van der Waals surface area contributed by atoms with E-state index in [9.17, 15) is 19.2 Å². The third-order valence-corrected chi connectivity index (χ3v) is 6.03. The molecule has 0 N–H and O–H groups in total. The summed E-state index contributed by atoms with van der Waals surface area (Å²) >= 11 is 0. The Kier molecular flexibility index (Phi) is 13.3. The summed E-state index contributed by atoms with van der Waals surface area (Å²) < 4.78 is 26.0. The highest BCUT2D eigenvalue weighted by atomic mass is 16.6. The van der Waals surface area contributed by atoms with Gasteiger partial charge >= 0.3 is 23.9 Å². The summed E-state index contributed by atoms with van der Waals surface area (Å²) in [4.78, 5) is 51.2. The smallest absolute Gasteiger partial charge is 0.333 e. The van der Waals surface area contributed by atoms with Gasteiger partial charge < -0.3 is 23.7 Å². The summed E-state index contributed by atoms with van der Waals surface area (Å²) in [5.41, 5.74) is -2.26. The quantitative estimate of drug-likeness (QED) is 0.145. The molecule has 0 saturated heterocycles. The van der Waals surface area contributed by atoms with Crippen molar-refractivity contribution < 1.29 is 42.9 Å². The Morgan fingerprint density at radius 1 is 0.686 bits per heavy atom. The number of hydrogen-bond acceptors (Lipinski definition) is 9. The van der Waals surface area contributed by atoms with Gasteiger partial charge in [0, 0.05) is 37.7 Å². The molecule has 1 saturated carbocycles. The fourth-order valence-electron chi connectivity index (χ4n) is 4.18. The van der Waals surface area contributed by atoms with Crippen LogP contribution < -0.4 is 0 Å². The van der Waals surface area contributed by atoms with Crippen molar-refractivity contribution >= 4 is 23.9 Å². The van der Waals surface area contributed by atoms with Crippen LogP contribution in [0.3, 0.4) is 0 Å². The lowest BCUT2D eigenvalue weighted by Gasteiger charge is -2.32. The molecule has 0 aromatic carbocycles. The molecule has 35 heavy (non-hydrogen) atoms. The summed E-state index contributed by atoms with van der Waals surface area (Å²) in [6.45, 7) is 13.2. The predicted octanol–water partition coefficient (Wildman–Crippen LogP) is 3.55. The molecule has 1 rings (SSSR count). The van der Waals surface area contributed by atoms with Gasteiger partial charge in [-0.05, 0) is 58.3 Å². The number of esters is 4. The maximum absolute atomic E-state index is 13.5. The summed E-state index contributed by atoms with van der Waals surface area (Å²) in [6, 6.07) is 0. The molecule has 0 spiro atoms. The highest BCUT2D eigenvalue weighted by Crippen LogP contribution is 2.38. The lowest BCUT2D eigenvalue weighted by molar-refractivity contribution is -0.173. The molecule has 198 valence electrons.